The zero-order valence-corrected chi connectivity index (χ0v) is 22.7. The summed E-state index contributed by atoms with van der Waals surface area (Å²) in [5.41, 5.74) is 1.33. The van der Waals surface area contributed by atoms with Crippen molar-refractivity contribution in [2.75, 3.05) is 25.2 Å². The molecule has 42 heavy (non-hydrogen) atoms. The van der Waals surface area contributed by atoms with Gasteiger partial charge in [-0.15, -0.1) is 0 Å². The van der Waals surface area contributed by atoms with Gasteiger partial charge < -0.3 is 23.8 Å². The maximum absolute atomic E-state index is 12.7. The third kappa shape index (κ3) is 6.82. The van der Waals surface area contributed by atoms with Crippen LogP contribution in [-0.4, -0.2) is 43.9 Å². The van der Waals surface area contributed by atoms with Crippen LogP contribution in [0.5, 0.6) is 23.0 Å². The van der Waals surface area contributed by atoms with Gasteiger partial charge in [0.1, 0.15) is 23.0 Å². The van der Waals surface area contributed by atoms with Crippen LogP contribution in [0, 0.1) is 5.92 Å². The van der Waals surface area contributed by atoms with Crippen LogP contribution < -0.4 is 19.1 Å². The molecule has 1 aliphatic rings. The van der Waals surface area contributed by atoms with Gasteiger partial charge in [-0.2, -0.15) is 0 Å². The number of Topliss-reactive ketones (excluding diaryl/α,β-unsaturated/α-hetero) is 1. The van der Waals surface area contributed by atoms with E-state index >= 15 is 0 Å². The second kappa shape index (κ2) is 12.8. The summed E-state index contributed by atoms with van der Waals surface area (Å²) in [6.07, 6.45) is -0.0153. The minimum atomic E-state index is -0.694. The van der Waals surface area contributed by atoms with Gasteiger partial charge in [0.05, 0.1) is 18.6 Å². The minimum absolute atomic E-state index is 0.0153. The molecule has 1 fully saturated rings. The van der Waals surface area contributed by atoms with Gasteiger partial charge in [-0.1, -0.05) is 18.2 Å². The van der Waals surface area contributed by atoms with Crippen LogP contribution in [0.2, 0.25) is 0 Å². The number of nitrogens with zero attached hydrogens (tertiary/aromatic N) is 1. The van der Waals surface area contributed by atoms with Gasteiger partial charge >= 0.3 is 11.9 Å². The van der Waals surface area contributed by atoms with Crippen molar-refractivity contribution in [1.29, 1.82) is 0 Å². The molecule has 9 heteroatoms. The third-order valence-corrected chi connectivity index (χ3v) is 6.64. The fourth-order valence-corrected chi connectivity index (χ4v) is 4.38. The van der Waals surface area contributed by atoms with Gasteiger partial charge in [-0.25, -0.2) is 4.79 Å². The number of esters is 2. The molecule has 9 nitrogen and oxygen atoms in total. The Kier molecular flexibility index (Phi) is 8.58. The molecule has 1 aliphatic heterocycles. The lowest BCUT2D eigenvalue weighted by molar-refractivity contribution is -0.147. The van der Waals surface area contributed by atoms with Crippen molar-refractivity contribution in [2.45, 2.75) is 6.42 Å². The molecule has 0 N–H and O–H groups in total. The van der Waals surface area contributed by atoms with Gasteiger partial charge in [0.15, 0.2) is 12.4 Å². The Labute approximate surface area is 242 Å². The van der Waals surface area contributed by atoms with Crippen LogP contribution in [0.15, 0.2) is 103 Å². The van der Waals surface area contributed by atoms with Gasteiger partial charge in [-0.3, -0.25) is 14.4 Å². The van der Waals surface area contributed by atoms with Crippen LogP contribution in [0.25, 0.3) is 0 Å². The van der Waals surface area contributed by atoms with Crippen molar-refractivity contribution >= 4 is 29.3 Å². The Morgan fingerprint density at radius 3 is 1.98 bits per heavy atom. The highest BCUT2D eigenvalue weighted by atomic mass is 16.5. The largest absolute Gasteiger partial charge is 0.497 e. The lowest BCUT2D eigenvalue weighted by Crippen LogP contribution is -2.27. The van der Waals surface area contributed by atoms with Crippen LogP contribution >= 0.6 is 0 Å². The van der Waals surface area contributed by atoms with Crippen LogP contribution in [0.1, 0.15) is 27.1 Å². The molecule has 1 saturated heterocycles. The van der Waals surface area contributed by atoms with Crippen molar-refractivity contribution in [3.8, 4) is 23.0 Å². The number of anilines is 1. The number of benzene rings is 4. The van der Waals surface area contributed by atoms with E-state index in [0.717, 1.165) is 5.75 Å². The second-order valence-corrected chi connectivity index (χ2v) is 9.49. The van der Waals surface area contributed by atoms with E-state index in [1.165, 1.54) is 29.2 Å². The van der Waals surface area contributed by atoms with Crippen LogP contribution in [0.3, 0.4) is 0 Å². The van der Waals surface area contributed by atoms with Crippen LogP contribution in [0.4, 0.5) is 5.69 Å². The summed E-state index contributed by atoms with van der Waals surface area (Å²) in [6, 6.07) is 28.7. The number of hydrogen-bond acceptors (Lipinski definition) is 8. The number of carbonyl (C=O) groups is 4. The summed E-state index contributed by atoms with van der Waals surface area (Å²) < 4.78 is 21.5. The van der Waals surface area contributed by atoms with E-state index in [1.807, 2.05) is 0 Å². The van der Waals surface area contributed by atoms with E-state index in [2.05, 4.69) is 0 Å². The molecule has 212 valence electrons. The zero-order valence-electron chi connectivity index (χ0n) is 22.7. The molecule has 5 rings (SSSR count). The summed E-state index contributed by atoms with van der Waals surface area (Å²) >= 11 is 0. The van der Waals surface area contributed by atoms with Gasteiger partial charge in [-0.05, 0) is 84.9 Å². The van der Waals surface area contributed by atoms with E-state index in [0.29, 0.717) is 28.3 Å². The molecule has 0 aromatic heterocycles. The highest BCUT2D eigenvalue weighted by Crippen LogP contribution is 2.30. The number of carbonyl (C=O) groups excluding carboxylic acids is 4. The lowest BCUT2D eigenvalue weighted by atomic mass is 10.1. The Morgan fingerprint density at radius 1 is 0.738 bits per heavy atom. The zero-order chi connectivity index (χ0) is 29.5. The maximum atomic E-state index is 12.7. The predicted molar refractivity (Wildman–Crippen MR) is 153 cm³/mol. The SMILES string of the molecule is COc1ccc(Oc2ccc(N3CC(C(=O)OCC(=O)c4ccc(OC(=O)c5ccccc5)cc4)CC3=O)cc2)cc1. The average molecular weight is 566 g/mol. The Bertz CT molecular complexity index is 1570. The van der Waals surface area contributed by atoms with Crippen molar-refractivity contribution in [3.63, 3.8) is 0 Å². The number of rotatable bonds is 10. The summed E-state index contributed by atoms with van der Waals surface area (Å²) in [6.45, 7) is -0.323. The van der Waals surface area contributed by atoms with Crippen molar-refractivity contribution in [2.24, 2.45) is 5.92 Å². The molecule has 0 saturated carbocycles. The summed E-state index contributed by atoms with van der Waals surface area (Å²) in [7, 11) is 1.59. The molecule has 0 radical (unpaired) electrons. The van der Waals surface area contributed by atoms with E-state index in [9.17, 15) is 19.2 Å². The summed E-state index contributed by atoms with van der Waals surface area (Å²) in [4.78, 5) is 51.6. The smallest absolute Gasteiger partial charge is 0.343 e. The normalized spacial score (nSPS) is 14.3. The molecule has 1 amide bonds. The fourth-order valence-electron chi connectivity index (χ4n) is 4.38. The monoisotopic (exact) mass is 565 g/mol. The van der Waals surface area contributed by atoms with Crippen molar-refractivity contribution in [1.82, 2.24) is 0 Å². The molecule has 1 atom stereocenters. The molecule has 0 spiro atoms. The Balaban J connectivity index is 1.10. The predicted octanol–water partition coefficient (Wildman–Crippen LogP) is 5.49. The number of methoxy groups -OCH3 is 1. The molecular formula is C33H27NO8. The molecule has 0 aliphatic carbocycles. The first-order valence-electron chi connectivity index (χ1n) is 13.2. The van der Waals surface area contributed by atoms with Crippen molar-refractivity contribution in [3.05, 3.63) is 114 Å². The lowest BCUT2D eigenvalue weighted by Gasteiger charge is -2.17. The highest BCUT2D eigenvalue weighted by molar-refractivity contribution is 6.01. The first-order chi connectivity index (χ1) is 20.4. The van der Waals surface area contributed by atoms with E-state index in [-0.39, 0.29) is 24.6 Å². The summed E-state index contributed by atoms with van der Waals surface area (Å²) in [5, 5.41) is 0. The number of hydrogen-bond donors (Lipinski definition) is 0. The maximum Gasteiger partial charge on any atom is 0.343 e. The fraction of sp³-hybridized carbons (Fsp3) is 0.152. The average Bonchev–Trinajstić information content (AvgIpc) is 3.42. The molecule has 4 aromatic carbocycles. The Hall–Kier alpha value is -5.44. The first-order valence-corrected chi connectivity index (χ1v) is 13.2. The highest BCUT2D eigenvalue weighted by Gasteiger charge is 2.36. The van der Waals surface area contributed by atoms with E-state index < -0.39 is 30.2 Å². The standard InChI is InChI=1S/C33H27NO8/c1-39-26-15-17-28(18-16-26)41-27-13-9-25(10-14-27)34-20-24(19-31(34)36)32(37)40-21-30(35)22-7-11-29(12-8-22)42-33(38)23-5-3-2-4-6-23/h2-18,24H,19-21H2,1H3. The Morgan fingerprint density at radius 2 is 1.33 bits per heavy atom. The number of amides is 1. The molecule has 1 unspecified atom stereocenters. The van der Waals surface area contributed by atoms with E-state index in [1.54, 1.807) is 86.0 Å². The van der Waals surface area contributed by atoms with Crippen molar-refractivity contribution < 1.29 is 38.1 Å². The molecule has 1 heterocycles. The number of ether oxygens (including phenoxy) is 4. The molecular weight excluding hydrogens is 538 g/mol. The second-order valence-electron chi connectivity index (χ2n) is 9.49. The van der Waals surface area contributed by atoms with E-state index in [4.69, 9.17) is 18.9 Å². The minimum Gasteiger partial charge on any atom is -0.497 e. The molecule has 4 aromatic rings. The summed E-state index contributed by atoms with van der Waals surface area (Å²) in [5.74, 6) is -0.227. The number of ketones is 1. The van der Waals surface area contributed by atoms with Gasteiger partial charge in [0.25, 0.3) is 0 Å². The quantitative estimate of drug-likeness (QED) is 0.141. The third-order valence-electron chi connectivity index (χ3n) is 6.64. The van der Waals surface area contributed by atoms with Crippen LogP contribution in [-0.2, 0) is 14.3 Å². The first kappa shape index (κ1) is 28.1. The van der Waals surface area contributed by atoms with Gasteiger partial charge in [0.2, 0.25) is 5.91 Å². The van der Waals surface area contributed by atoms with Gasteiger partial charge in [0, 0.05) is 24.2 Å². The molecule has 0 bridgehead atoms. The topological polar surface area (TPSA) is 108 Å².